The SMILES string of the molecule is [N-3].[N-3].[N-3].[N-3].[O].[Ti+4].[Ti+4].[Ti+4]. The van der Waals surface area contributed by atoms with E-state index in [2.05, 4.69) is 0 Å². The molecule has 0 unspecified atom stereocenters. The predicted molar refractivity (Wildman–Crippen MR) is 14.1 cm³/mol. The van der Waals surface area contributed by atoms with Crippen molar-refractivity contribution in [2.75, 3.05) is 0 Å². The largest absolute Gasteiger partial charge is 4.00 e. The van der Waals surface area contributed by atoms with Crippen molar-refractivity contribution in [3.63, 3.8) is 0 Å². The molecule has 0 saturated carbocycles. The first-order valence-electron chi connectivity index (χ1n) is 0. The Balaban J connectivity index is 0. The fraction of sp³-hybridized carbons (Fsp3) is 0. The molecule has 8 heteroatoms. The van der Waals surface area contributed by atoms with Crippen LogP contribution in [0.3, 0.4) is 0 Å². The number of hydrogen-bond donors (Lipinski definition) is 0. The minimum atomic E-state index is 0. The molecule has 0 atom stereocenters. The summed E-state index contributed by atoms with van der Waals surface area (Å²) in [5.41, 5.74) is 0. The van der Waals surface area contributed by atoms with Crippen LogP contribution in [0, 0.1) is 0 Å². The molecule has 0 rings (SSSR count). The summed E-state index contributed by atoms with van der Waals surface area (Å²) < 4.78 is 0. The Labute approximate surface area is 94.4 Å². The third-order valence-corrected chi connectivity index (χ3v) is 0. The Morgan fingerprint density at radius 1 is 0.375 bits per heavy atom. The normalized spacial score (nSPS) is 0. The first-order valence-corrected chi connectivity index (χ1v) is 0. The molecular weight excluding hydrogens is 216 g/mol. The van der Waals surface area contributed by atoms with Crippen molar-refractivity contribution in [1.82, 2.24) is 0 Å². The van der Waals surface area contributed by atoms with Gasteiger partial charge in [0.25, 0.3) is 0 Å². The van der Waals surface area contributed by atoms with E-state index in [1.165, 1.54) is 0 Å². The van der Waals surface area contributed by atoms with Gasteiger partial charge < -0.3 is 24.6 Å². The molecule has 0 amide bonds. The Morgan fingerprint density at radius 2 is 0.375 bits per heavy atom. The maximum atomic E-state index is 0. The van der Waals surface area contributed by atoms with Gasteiger partial charge >= 0.3 is 65.2 Å². The van der Waals surface area contributed by atoms with E-state index in [9.17, 15) is 0 Å². The summed E-state index contributed by atoms with van der Waals surface area (Å²) in [6, 6.07) is 0. The van der Waals surface area contributed by atoms with Gasteiger partial charge in [-0.15, -0.1) is 0 Å². The van der Waals surface area contributed by atoms with E-state index in [-0.39, 0.29) is 95.2 Å². The molecule has 2 radical (unpaired) electrons. The smallest absolute Gasteiger partial charge is 3.00 e. The van der Waals surface area contributed by atoms with Crippen molar-refractivity contribution in [3.05, 3.63) is 24.6 Å². The van der Waals surface area contributed by atoms with Crippen LogP contribution in [0.5, 0.6) is 0 Å². The topological polar surface area (TPSA) is 150 Å². The Bertz CT molecular complexity index is 11.2. The van der Waals surface area contributed by atoms with Gasteiger partial charge in [0.1, 0.15) is 0 Å². The van der Waals surface area contributed by atoms with Gasteiger partial charge in [-0.25, -0.2) is 0 Å². The number of nitrogens with zero attached hydrogens (tertiary/aromatic N) is 4. The van der Waals surface area contributed by atoms with Crippen molar-refractivity contribution >= 4 is 0 Å². The molecule has 0 aliphatic rings. The molecule has 5 nitrogen and oxygen atoms in total. The molecule has 0 aromatic rings. The predicted octanol–water partition coefficient (Wildman–Crippen LogP) is 1.03. The zero-order valence-corrected chi connectivity index (χ0v) is 8.38. The van der Waals surface area contributed by atoms with Crippen molar-refractivity contribution < 1.29 is 70.6 Å². The zero-order valence-electron chi connectivity index (χ0n) is 3.70. The molecule has 0 aromatic carbocycles. The second-order valence-electron chi connectivity index (χ2n) is 0. The van der Waals surface area contributed by atoms with Gasteiger partial charge in [0.15, 0.2) is 0 Å². The van der Waals surface area contributed by atoms with Crippen LogP contribution in [0.2, 0.25) is 0 Å². The molecular formula is N4OTi3. The minimum Gasteiger partial charge on any atom is -3.00 e. The van der Waals surface area contributed by atoms with E-state index in [0.29, 0.717) is 0 Å². The summed E-state index contributed by atoms with van der Waals surface area (Å²) in [6.45, 7) is 0. The van der Waals surface area contributed by atoms with E-state index in [0.717, 1.165) is 0 Å². The molecule has 0 saturated heterocycles. The summed E-state index contributed by atoms with van der Waals surface area (Å²) in [7, 11) is 0. The second-order valence-corrected chi connectivity index (χ2v) is 0. The molecule has 0 heterocycles. The fourth-order valence-electron chi connectivity index (χ4n) is 0. The third-order valence-electron chi connectivity index (χ3n) is 0. The molecule has 0 aliphatic carbocycles. The quantitative estimate of drug-likeness (QED) is 0.530. The van der Waals surface area contributed by atoms with E-state index in [4.69, 9.17) is 0 Å². The molecule has 0 fully saturated rings. The number of hydrogen-bond acceptors (Lipinski definition) is 0. The van der Waals surface area contributed by atoms with Crippen LogP contribution < -0.4 is 0 Å². The summed E-state index contributed by atoms with van der Waals surface area (Å²) >= 11 is 0. The molecule has 8 heavy (non-hydrogen) atoms. The van der Waals surface area contributed by atoms with Crippen LogP contribution in [-0.4, -0.2) is 0 Å². The van der Waals surface area contributed by atoms with Gasteiger partial charge in [0, 0.05) is 5.48 Å². The van der Waals surface area contributed by atoms with Crippen LogP contribution in [0.25, 0.3) is 24.6 Å². The molecule has 0 bridgehead atoms. The fourth-order valence-corrected chi connectivity index (χ4v) is 0. The monoisotopic (exact) mass is 216 g/mol. The van der Waals surface area contributed by atoms with Crippen LogP contribution >= 0.6 is 0 Å². The molecule has 0 aliphatic heterocycles. The van der Waals surface area contributed by atoms with E-state index in [1.54, 1.807) is 0 Å². The Hall–Kier alpha value is 1.94. The first-order chi connectivity index (χ1) is 0. The Morgan fingerprint density at radius 3 is 0.375 bits per heavy atom. The van der Waals surface area contributed by atoms with Gasteiger partial charge in [-0.05, 0) is 0 Å². The van der Waals surface area contributed by atoms with Crippen molar-refractivity contribution in [1.29, 1.82) is 0 Å². The third kappa shape index (κ3) is 101. The van der Waals surface area contributed by atoms with Crippen LogP contribution in [0.15, 0.2) is 0 Å². The summed E-state index contributed by atoms with van der Waals surface area (Å²) in [5, 5.41) is 0. The minimum absolute atomic E-state index is 0. The van der Waals surface area contributed by atoms with E-state index >= 15 is 0 Å². The molecule has 0 N–H and O–H groups in total. The summed E-state index contributed by atoms with van der Waals surface area (Å²) in [6.07, 6.45) is 0. The standard InChI is InChI=1S/4N.O.3Ti/q4*-3;;3*+4. The Kier molecular flexibility index (Phi) is 3940. The molecule has 38 valence electrons. The average molecular weight is 216 g/mol. The maximum Gasteiger partial charge on any atom is 4.00 e. The van der Waals surface area contributed by atoms with Crippen LogP contribution in [-0.2, 0) is 70.6 Å². The van der Waals surface area contributed by atoms with Gasteiger partial charge in [0.2, 0.25) is 0 Å². The first kappa shape index (κ1) is 211. The summed E-state index contributed by atoms with van der Waals surface area (Å²) in [5.74, 6) is 0. The van der Waals surface area contributed by atoms with Crippen molar-refractivity contribution in [2.45, 2.75) is 0 Å². The van der Waals surface area contributed by atoms with E-state index in [1.807, 2.05) is 0 Å². The number of rotatable bonds is 0. The second kappa shape index (κ2) is 149. The van der Waals surface area contributed by atoms with Gasteiger partial charge in [-0.1, -0.05) is 0 Å². The van der Waals surface area contributed by atoms with E-state index < -0.39 is 0 Å². The summed E-state index contributed by atoms with van der Waals surface area (Å²) in [4.78, 5) is 0. The van der Waals surface area contributed by atoms with Crippen LogP contribution in [0.4, 0.5) is 0 Å². The van der Waals surface area contributed by atoms with Gasteiger partial charge in [-0.3, -0.25) is 0 Å². The van der Waals surface area contributed by atoms with Gasteiger partial charge in [-0.2, -0.15) is 0 Å². The molecule has 0 spiro atoms. The van der Waals surface area contributed by atoms with Crippen molar-refractivity contribution in [2.24, 2.45) is 0 Å². The average Bonchev–Trinajstić information content (AvgIpc) is 0. The van der Waals surface area contributed by atoms with Crippen LogP contribution in [0.1, 0.15) is 0 Å². The molecule has 0 aromatic heterocycles. The zero-order chi connectivity index (χ0) is 0. The van der Waals surface area contributed by atoms with Crippen molar-refractivity contribution in [3.8, 4) is 0 Å². The maximum absolute atomic E-state index is 0. The van der Waals surface area contributed by atoms with Gasteiger partial charge in [0.05, 0.1) is 0 Å².